The van der Waals surface area contributed by atoms with Crippen molar-refractivity contribution >= 4 is 6.29 Å². The summed E-state index contributed by atoms with van der Waals surface area (Å²) in [7, 11) is 0. The molecule has 0 N–H and O–H groups in total. The average molecular weight is 258 g/mol. The summed E-state index contributed by atoms with van der Waals surface area (Å²) in [6, 6.07) is 0. The highest BCUT2D eigenvalue weighted by Crippen LogP contribution is 2.30. The number of carbonyl (C=O) groups is 1. The number of rotatable bonds is 2. The molecule has 0 aromatic heterocycles. The first-order valence-corrected chi connectivity index (χ1v) is 7.94. The van der Waals surface area contributed by atoms with Gasteiger partial charge in [-0.2, -0.15) is 0 Å². The van der Waals surface area contributed by atoms with Gasteiger partial charge in [0.1, 0.15) is 6.29 Å². The van der Waals surface area contributed by atoms with Crippen molar-refractivity contribution in [2.24, 2.45) is 0 Å². The maximum Gasteiger partial charge on any atom is 0.143 e. The largest absolute Gasteiger partial charge is 0.299 e. The van der Waals surface area contributed by atoms with E-state index in [-0.39, 0.29) is 0 Å². The Morgan fingerprint density at radius 1 is 0.789 bits per heavy atom. The second-order valence-electron chi connectivity index (χ2n) is 5.79. The van der Waals surface area contributed by atoms with Crippen molar-refractivity contribution in [2.45, 2.75) is 70.6 Å². The molecular weight excluding hydrogens is 232 g/mol. The lowest BCUT2D eigenvalue weighted by atomic mass is 9.88. The first-order chi connectivity index (χ1) is 9.40. The summed E-state index contributed by atoms with van der Waals surface area (Å²) in [6.45, 7) is 0. The van der Waals surface area contributed by atoms with Crippen LogP contribution in [0.4, 0.5) is 0 Å². The standard InChI is InChI=1S/C18H26O/c19-14-13-16-9-5-4-8-12-18(15-16)17-10-6-2-1-3-7-11-17/h10,13-15H,1-9,11-12H2. The zero-order valence-electron chi connectivity index (χ0n) is 12.0. The third-order valence-corrected chi connectivity index (χ3v) is 4.26. The molecule has 19 heavy (non-hydrogen) atoms. The lowest BCUT2D eigenvalue weighted by molar-refractivity contribution is -0.104. The zero-order chi connectivity index (χ0) is 13.3. The molecule has 1 heteroatoms. The molecule has 0 bridgehead atoms. The Labute approximate surface area is 117 Å². The van der Waals surface area contributed by atoms with Crippen LogP contribution in [-0.2, 0) is 4.79 Å². The normalized spacial score (nSPS) is 24.5. The van der Waals surface area contributed by atoms with Gasteiger partial charge in [0.25, 0.3) is 0 Å². The van der Waals surface area contributed by atoms with Crippen LogP contribution in [0.3, 0.4) is 0 Å². The molecule has 0 aromatic carbocycles. The van der Waals surface area contributed by atoms with E-state index in [0.29, 0.717) is 0 Å². The average Bonchev–Trinajstić information content (AvgIpc) is 2.33. The summed E-state index contributed by atoms with van der Waals surface area (Å²) in [4.78, 5) is 10.7. The van der Waals surface area contributed by atoms with Crippen LogP contribution in [0.5, 0.6) is 0 Å². The molecule has 2 aliphatic rings. The van der Waals surface area contributed by atoms with Crippen LogP contribution in [-0.4, -0.2) is 6.29 Å². The topological polar surface area (TPSA) is 17.1 Å². The van der Waals surface area contributed by atoms with E-state index in [4.69, 9.17) is 0 Å². The third-order valence-electron chi connectivity index (χ3n) is 4.26. The Kier molecular flexibility index (Phi) is 6.13. The quantitative estimate of drug-likeness (QED) is 0.486. The number of hydrogen-bond acceptors (Lipinski definition) is 1. The van der Waals surface area contributed by atoms with Gasteiger partial charge in [0.15, 0.2) is 0 Å². The molecule has 2 aliphatic carbocycles. The fraction of sp³-hybridized carbons (Fsp3) is 0.611. The Hall–Kier alpha value is -1.11. The molecule has 0 aromatic rings. The van der Waals surface area contributed by atoms with E-state index in [2.05, 4.69) is 12.2 Å². The van der Waals surface area contributed by atoms with E-state index in [1.54, 1.807) is 11.6 Å². The summed E-state index contributed by atoms with van der Waals surface area (Å²) in [6.07, 6.45) is 21.5. The second kappa shape index (κ2) is 8.14. The highest BCUT2D eigenvalue weighted by molar-refractivity contribution is 5.67. The van der Waals surface area contributed by atoms with Crippen molar-refractivity contribution in [3.63, 3.8) is 0 Å². The van der Waals surface area contributed by atoms with Gasteiger partial charge in [-0.05, 0) is 74.2 Å². The van der Waals surface area contributed by atoms with Crippen LogP contribution in [0.15, 0.2) is 34.9 Å². The number of aldehydes is 1. The molecule has 0 spiro atoms. The SMILES string of the molecule is O=CC=C1C=C(C2=CCCCCCC2)CCCCC1. The van der Waals surface area contributed by atoms with Crippen molar-refractivity contribution in [1.82, 2.24) is 0 Å². The third kappa shape index (κ3) is 4.81. The van der Waals surface area contributed by atoms with Crippen LogP contribution in [0, 0.1) is 0 Å². The Morgan fingerprint density at radius 2 is 1.47 bits per heavy atom. The monoisotopic (exact) mass is 258 g/mol. The second-order valence-corrected chi connectivity index (χ2v) is 5.79. The number of allylic oxidation sites excluding steroid dienone is 6. The predicted molar refractivity (Wildman–Crippen MR) is 81.1 cm³/mol. The molecule has 0 saturated carbocycles. The minimum Gasteiger partial charge on any atom is -0.299 e. The van der Waals surface area contributed by atoms with Gasteiger partial charge in [-0.15, -0.1) is 0 Å². The first kappa shape index (κ1) is 14.3. The van der Waals surface area contributed by atoms with Gasteiger partial charge >= 0.3 is 0 Å². The number of carbonyl (C=O) groups excluding carboxylic acids is 1. The fourth-order valence-corrected chi connectivity index (χ4v) is 3.14. The van der Waals surface area contributed by atoms with Crippen LogP contribution in [0.25, 0.3) is 0 Å². The van der Waals surface area contributed by atoms with E-state index in [9.17, 15) is 4.79 Å². The van der Waals surface area contributed by atoms with E-state index >= 15 is 0 Å². The molecule has 0 atom stereocenters. The zero-order valence-corrected chi connectivity index (χ0v) is 12.0. The van der Waals surface area contributed by atoms with Crippen LogP contribution >= 0.6 is 0 Å². The van der Waals surface area contributed by atoms with Crippen molar-refractivity contribution in [3.8, 4) is 0 Å². The molecule has 0 heterocycles. The van der Waals surface area contributed by atoms with Gasteiger partial charge in [-0.1, -0.05) is 31.4 Å². The highest BCUT2D eigenvalue weighted by Gasteiger charge is 2.10. The molecule has 0 amide bonds. The van der Waals surface area contributed by atoms with Gasteiger partial charge in [-0.3, -0.25) is 4.79 Å². The summed E-state index contributed by atoms with van der Waals surface area (Å²) in [5, 5.41) is 0. The van der Waals surface area contributed by atoms with Crippen LogP contribution < -0.4 is 0 Å². The molecule has 1 nitrogen and oxygen atoms in total. The first-order valence-electron chi connectivity index (χ1n) is 7.94. The van der Waals surface area contributed by atoms with Gasteiger partial charge in [0.05, 0.1) is 0 Å². The van der Waals surface area contributed by atoms with Gasteiger partial charge < -0.3 is 0 Å². The number of hydrogen-bond donors (Lipinski definition) is 0. The van der Waals surface area contributed by atoms with Crippen molar-refractivity contribution in [1.29, 1.82) is 0 Å². The highest BCUT2D eigenvalue weighted by atomic mass is 16.1. The van der Waals surface area contributed by atoms with Crippen molar-refractivity contribution in [2.75, 3.05) is 0 Å². The summed E-state index contributed by atoms with van der Waals surface area (Å²) < 4.78 is 0. The maximum atomic E-state index is 10.7. The van der Waals surface area contributed by atoms with Gasteiger partial charge in [0, 0.05) is 0 Å². The van der Waals surface area contributed by atoms with E-state index < -0.39 is 0 Å². The molecule has 2 rings (SSSR count). The molecular formula is C18H26O. The summed E-state index contributed by atoms with van der Waals surface area (Å²) >= 11 is 0. The summed E-state index contributed by atoms with van der Waals surface area (Å²) in [5.41, 5.74) is 4.31. The fourth-order valence-electron chi connectivity index (χ4n) is 3.14. The lowest BCUT2D eigenvalue weighted by Gasteiger charge is -2.18. The van der Waals surface area contributed by atoms with Crippen molar-refractivity contribution in [3.05, 3.63) is 34.9 Å². The Bertz CT molecular complexity index is 384. The van der Waals surface area contributed by atoms with Crippen LogP contribution in [0.2, 0.25) is 0 Å². The summed E-state index contributed by atoms with van der Waals surface area (Å²) in [5.74, 6) is 0. The Balaban J connectivity index is 2.19. The van der Waals surface area contributed by atoms with E-state index in [1.165, 1.54) is 75.4 Å². The minimum atomic E-state index is 0.942. The molecule has 0 unspecified atom stereocenters. The van der Waals surface area contributed by atoms with Gasteiger partial charge in [-0.25, -0.2) is 0 Å². The minimum absolute atomic E-state index is 0.942. The Morgan fingerprint density at radius 3 is 2.32 bits per heavy atom. The molecule has 0 radical (unpaired) electrons. The predicted octanol–water partition coefficient (Wildman–Crippen LogP) is 5.28. The smallest absolute Gasteiger partial charge is 0.143 e. The molecule has 0 saturated heterocycles. The molecule has 0 aliphatic heterocycles. The van der Waals surface area contributed by atoms with Crippen molar-refractivity contribution < 1.29 is 4.79 Å². The van der Waals surface area contributed by atoms with Crippen LogP contribution in [0.1, 0.15) is 70.6 Å². The lowest BCUT2D eigenvalue weighted by Crippen LogP contribution is -1.99. The molecule has 104 valence electrons. The molecule has 0 fully saturated rings. The van der Waals surface area contributed by atoms with E-state index in [1.807, 2.05) is 0 Å². The van der Waals surface area contributed by atoms with E-state index in [0.717, 1.165) is 12.7 Å². The maximum absolute atomic E-state index is 10.7. The van der Waals surface area contributed by atoms with Gasteiger partial charge in [0.2, 0.25) is 0 Å².